The van der Waals surface area contributed by atoms with Crippen molar-refractivity contribution in [3.63, 3.8) is 0 Å². The topological polar surface area (TPSA) is 69.6 Å². The van der Waals surface area contributed by atoms with E-state index in [4.69, 9.17) is 0 Å². The van der Waals surface area contributed by atoms with Crippen molar-refractivity contribution in [2.75, 3.05) is 44.7 Å². The van der Waals surface area contributed by atoms with Crippen molar-refractivity contribution in [1.82, 2.24) is 19.8 Å². The summed E-state index contributed by atoms with van der Waals surface area (Å²) in [6, 6.07) is 0. The molecule has 0 unspecified atom stereocenters. The van der Waals surface area contributed by atoms with Gasteiger partial charge in [-0.15, -0.1) is 0 Å². The summed E-state index contributed by atoms with van der Waals surface area (Å²) >= 11 is 0. The SMILES string of the molecule is CCCCN(C)c1cnc(C(=O)N2CCN(C(C)=O)CC2)cn1. The van der Waals surface area contributed by atoms with Crippen LogP contribution in [0.4, 0.5) is 5.82 Å². The molecule has 1 fully saturated rings. The van der Waals surface area contributed by atoms with Crippen LogP contribution < -0.4 is 4.90 Å². The Hall–Kier alpha value is -2.18. The Labute approximate surface area is 137 Å². The maximum absolute atomic E-state index is 12.4. The van der Waals surface area contributed by atoms with Crippen molar-refractivity contribution in [3.05, 3.63) is 18.1 Å². The minimum absolute atomic E-state index is 0.0522. The van der Waals surface area contributed by atoms with Gasteiger partial charge in [0.1, 0.15) is 11.5 Å². The zero-order chi connectivity index (χ0) is 16.8. The maximum atomic E-state index is 12.4. The number of hydrogen-bond donors (Lipinski definition) is 0. The molecular formula is C16H25N5O2. The average Bonchev–Trinajstić information content (AvgIpc) is 2.59. The lowest BCUT2D eigenvalue weighted by Crippen LogP contribution is -2.50. The second-order valence-corrected chi connectivity index (χ2v) is 5.83. The van der Waals surface area contributed by atoms with Gasteiger partial charge in [-0.05, 0) is 6.42 Å². The first-order valence-electron chi connectivity index (χ1n) is 8.11. The monoisotopic (exact) mass is 319 g/mol. The quantitative estimate of drug-likeness (QED) is 0.810. The fourth-order valence-corrected chi connectivity index (χ4v) is 2.53. The summed E-state index contributed by atoms with van der Waals surface area (Å²) in [6.07, 6.45) is 5.41. The largest absolute Gasteiger partial charge is 0.358 e. The zero-order valence-electron chi connectivity index (χ0n) is 14.2. The van der Waals surface area contributed by atoms with E-state index in [0.29, 0.717) is 31.9 Å². The Morgan fingerprint density at radius 1 is 1.13 bits per heavy atom. The lowest BCUT2D eigenvalue weighted by molar-refractivity contribution is -0.130. The van der Waals surface area contributed by atoms with Crippen LogP contribution in [-0.4, -0.2) is 71.4 Å². The minimum atomic E-state index is -0.122. The summed E-state index contributed by atoms with van der Waals surface area (Å²) in [5, 5.41) is 0. The van der Waals surface area contributed by atoms with Gasteiger partial charge in [-0.1, -0.05) is 13.3 Å². The number of piperazine rings is 1. The number of carbonyl (C=O) groups is 2. The first-order chi connectivity index (χ1) is 11.0. The van der Waals surface area contributed by atoms with Gasteiger partial charge >= 0.3 is 0 Å². The van der Waals surface area contributed by atoms with Crippen molar-refractivity contribution < 1.29 is 9.59 Å². The normalized spacial score (nSPS) is 14.7. The van der Waals surface area contributed by atoms with E-state index >= 15 is 0 Å². The third kappa shape index (κ3) is 4.40. The van der Waals surface area contributed by atoms with E-state index < -0.39 is 0 Å². The van der Waals surface area contributed by atoms with Gasteiger partial charge in [-0.3, -0.25) is 9.59 Å². The number of aromatic nitrogens is 2. The van der Waals surface area contributed by atoms with E-state index in [-0.39, 0.29) is 11.8 Å². The second-order valence-electron chi connectivity index (χ2n) is 5.83. The van der Waals surface area contributed by atoms with E-state index in [2.05, 4.69) is 16.9 Å². The maximum Gasteiger partial charge on any atom is 0.274 e. The highest BCUT2D eigenvalue weighted by molar-refractivity contribution is 5.92. The molecule has 0 saturated carbocycles. The molecular weight excluding hydrogens is 294 g/mol. The van der Waals surface area contributed by atoms with E-state index in [0.717, 1.165) is 25.2 Å². The first kappa shape index (κ1) is 17.2. The van der Waals surface area contributed by atoms with Gasteiger partial charge in [0.2, 0.25) is 5.91 Å². The molecule has 0 aromatic carbocycles. The molecule has 126 valence electrons. The molecule has 0 aliphatic carbocycles. The number of anilines is 1. The van der Waals surface area contributed by atoms with Crippen LogP contribution >= 0.6 is 0 Å². The van der Waals surface area contributed by atoms with Gasteiger partial charge in [-0.2, -0.15) is 0 Å². The van der Waals surface area contributed by atoms with Crippen LogP contribution in [0.15, 0.2) is 12.4 Å². The highest BCUT2D eigenvalue weighted by Crippen LogP contribution is 2.11. The molecule has 23 heavy (non-hydrogen) atoms. The van der Waals surface area contributed by atoms with Crippen molar-refractivity contribution in [2.24, 2.45) is 0 Å². The van der Waals surface area contributed by atoms with E-state index in [1.165, 1.54) is 6.20 Å². The van der Waals surface area contributed by atoms with Crippen LogP contribution in [0.5, 0.6) is 0 Å². The molecule has 0 bridgehead atoms. The van der Waals surface area contributed by atoms with Crippen LogP contribution in [0.2, 0.25) is 0 Å². The Balaban J connectivity index is 1.94. The molecule has 0 radical (unpaired) electrons. The summed E-state index contributed by atoms with van der Waals surface area (Å²) < 4.78 is 0. The van der Waals surface area contributed by atoms with Crippen LogP contribution in [0.1, 0.15) is 37.2 Å². The van der Waals surface area contributed by atoms with Crippen LogP contribution in [0.3, 0.4) is 0 Å². The van der Waals surface area contributed by atoms with Gasteiger partial charge in [0.05, 0.1) is 12.4 Å². The number of unbranched alkanes of at least 4 members (excludes halogenated alkanes) is 1. The molecule has 2 amide bonds. The van der Waals surface area contributed by atoms with Gasteiger partial charge in [0.15, 0.2) is 0 Å². The minimum Gasteiger partial charge on any atom is -0.358 e. The van der Waals surface area contributed by atoms with E-state index in [1.807, 2.05) is 11.9 Å². The summed E-state index contributed by atoms with van der Waals surface area (Å²) in [7, 11) is 1.97. The Bertz CT molecular complexity index is 538. The van der Waals surface area contributed by atoms with Crippen LogP contribution in [0.25, 0.3) is 0 Å². The number of amides is 2. The highest BCUT2D eigenvalue weighted by Gasteiger charge is 2.24. The molecule has 1 aromatic heterocycles. The molecule has 7 nitrogen and oxygen atoms in total. The van der Waals surface area contributed by atoms with E-state index in [1.54, 1.807) is 22.9 Å². The molecule has 0 N–H and O–H groups in total. The number of nitrogens with zero attached hydrogens (tertiary/aromatic N) is 5. The average molecular weight is 319 g/mol. The Morgan fingerprint density at radius 2 is 1.78 bits per heavy atom. The molecule has 7 heteroatoms. The van der Waals surface area contributed by atoms with Crippen LogP contribution in [-0.2, 0) is 4.79 Å². The standard InChI is InChI=1S/C16H25N5O2/c1-4-5-6-19(3)15-12-17-14(11-18-15)16(23)21-9-7-20(8-10-21)13(2)22/h11-12H,4-10H2,1-3H3. The lowest BCUT2D eigenvalue weighted by atomic mass is 10.2. The fraction of sp³-hybridized carbons (Fsp3) is 0.625. The number of hydrogen-bond acceptors (Lipinski definition) is 5. The molecule has 0 atom stereocenters. The molecule has 1 aromatic rings. The second kappa shape index (κ2) is 7.89. The predicted octanol–water partition coefficient (Wildman–Crippen LogP) is 1.02. The highest BCUT2D eigenvalue weighted by atomic mass is 16.2. The third-order valence-corrected chi connectivity index (χ3v) is 4.11. The number of carbonyl (C=O) groups excluding carboxylic acids is 2. The predicted molar refractivity (Wildman–Crippen MR) is 88.4 cm³/mol. The van der Waals surface area contributed by atoms with Crippen molar-refractivity contribution in [3.8, 4) is 0 Å². The van der Waals surface area contributed by atoms with Crippen molar-refractivity contribution in [2.45, 2.75) is 26.7 Å². The molecule has 1 aliphatic heterocycles. The molecule has 0 spiro atoms. The van der Waals surface area contributed by atoms with Gasteiger partial charge < -0.3 is 14.7 Å². The van der Waals surface area contributed by atoms with Gasteiger partial charge in [0, 0.05) is 46.7 Å². The third-order valence-electron chi connectivity index (χ3n) is 4.11. The van der Waals surface area contributed by atoms with Gasteiger partial charge in [0.25, 0.3) is 5.91 Å². The summed E-state index contributed by atoms with van der Waals surface area (Å²) in [5.74, 6) is 0.705. The zero-order valence-corrected chi connectivity index (χ0v) is 14.2. The summed E-state index contributed by atoms with van der Waals surface area (Å²) in [5.41, 5.74) is 0.355. The summed E-state index contributed by atoms with van der Waals surface area (Å²) in [6.45, 7) is 6.85. The fourth-order valence-electron chi connectivity index (χ4n) is 2.53. The molecule has 1 aliphatic rings. The van der Waals surface area contributed by atoms with E-state index in [9.17, 15) is 9.59 Å². The van der Waals surface area contributed by atoms with Crippen molar-refractivity contribution in [1.29, 1.82) is 0 Å². The Morgan fingerprint density at radius 3 is 2.30 bits per heavy atom. The van der Waals surface area contributed by atoms with Gasteiger partial charge in [-0.25, -0.2) is 9.97 Å². The summed E-state index contributed by atoms with van der Waals surface area (Å²) in [4.78, 5) is 37.9. The molecule has 1 saturated heterocycles. The Kier molecular flexibility index (Phi) is 5.90. The molecule has 2 rings (SSSR count). The lowest BCUT2D eigenvalue weighted by Gasteiger charge is -2.34. The number of rotatable bonds is 5. The van der Waals surface area contributed by atoms with Crippen LogP contribution in [0, 0.1) is 0 Å². The molecule has 2 heterocycles. The smallest absolute Gasteiger partial charge is 0.274 e. The van der Waals surface area contributed by atoms with Crippen molar-refractivity contribution >= 4 is 17.6 Å². The first-order valence-corrected chi connectivity index (χ1v) is 8.11.